The average Bonchev–Trinajstić information content (AvgIpc) is 2.52. The van der Waals surface area contributed by atoms with Gasteiger partial charge in [0.05, 0.1) is 5.56 Å². The topological polar surface area (TPSA) is 23.8 Å². The zero-order chi connectivity index (χ0) is 15.1. The Balaban J connectivity index is 1.75. The SMILES string of the molecule is CCCCC1CCC(CCc2ccc(C#N)c(F)c2)CC1. The van der Waals surface area contributed by atoms with Gasteiger partial charge in [-0.15, -0.1) is 0 Å². The summed E-state index contributed by atoms with van der Waals surface area (Å²) in [5, 5.41) is 8.74. The van der Waals surface area contributed by atoms with Crippen LogP contribution in [-0.4, -0.2) is 0 Å². The van der Waals surface area contributed by atoms with Crippen molar-refractivity contribution in [1.29, 1.82) is 5.26 Å². The van der Waals surface area contributed by atoms with E-state index in [2.05, 4.69) is 6.92 Å². The molecule has 1 saturated carbocycles. The quantitative estimate of drug-likeness (QED) is 0.665. The Bertz CT molecular complexity index is 481. The van der Waals surface area contributed by atoms with Crippen LogP contribution in [0, 0.1) is 29.0 Å². The zero-order valence-electron chi connectivity index (χ0n) is 13.1. The molecule has 2 rings (SSSR count). The van der Waals surface area contributed by atoms with E-state index in [1.807, 2.05) is 12.1 Å². The summed E-state index contributed by atoms with van der Waals surface area (Å²) in [7, 11) is 0. The number of benzene rings is 1. The Hall–Kier alpha value is -1.36. The van der Waals surface area contributed by atoms with Crippen molar-refractivity contribution in [1.82, 2.24) is 0 Å². The number of unbranched alkanes of at least 4 members (excludes halogenated alkanes) is 1. The molecule has 0 radical (unpaired) electrons. The van der Waals surface area contributed by atoms with Gasteiger partial charge in [0.2, 0.25) is 0 Å². The number of aryl methyl sites for hydroxylation is 1. The Labute approximate surface area is 128 Å². The molecule has 0 bridgehead atoms. The fraction of sp³-hybridized carbons (Fsp3) is 0.632. The summed E-state index contributed by atoms with van der Waals surface area (Å²) in [4.78, 5) is 0. The van der Waals surface area contributed by atoms with Crippen LogP contribution >= 0.6 is 0 Å². The number of rotatable bonds is 6. The normalized spacial score (nSPS) is 22.0. The molecule has 1 aliphatic rings. The van der Waals surface area contributed by atoms with Crippen molar-refractivity contribution >= 4 is 0 Å². The predicted octanol–water partition coefficient (Wildman–Crippen LogP) is 5.63. The molecule has 0 heterocycles. The fourth-order valence-corrected chi connectivity index (χ4v) is 3.48. The van der Waals surface area contributed by atoms with Crippen LogP contribution in [0.5, 0.6) is 0 Å². The molecule has 0 N–H and O–H groups in total. The van der Waals surface area contributed by atoms with Gasteiger partial charge in [0.1, 0.15) is 11.9 Å². The maximum absolute atomic E-state index is 13.6. The van der Waals surface area contributed by atoms with E-state index < -0.39 is 0 Å². The van der Waals surface area contributed by atoms with E-state index in [1.54, 1.807) is 6.07 Å². The van der Waals surface area contributed by atoms with Crippen LogP contribution in [-0.2, 0) is 6.42 Å². The zero-order valence-corrected chi connectivity index (χ0v) is 13.1. The van der Waals surface area contributed by atoms with Crippen molar-refractivity contribution in [2.75, 3.05) is 0 Å². The highest BCUT2D eigenvalue weighted by Crippen LogP contribution is 2.34. The summed E-state index contributed by atoms with van der Waals surface area (Å²) >= 11 is 0. The summed E-state index contributed by atoms with van der Waals surface area (Å²) in [5.41, 5.74) is 1.18. The minimum absolute atomic E-state index is 0.148. The molecule has 1 nitrogen and oxygen atoms in total. The van der Waals surface area contributed by atoms with Crippen LogP contribution in [0.4, 0.5) is 4.39 Å². The molecule has 1 aromatic rings. The third kappa shape index (κ3) is 4.84. The van der Waals surface area contributed by atoms with Gasteiger partial charge in [-0.3, -0.25) is 0 Å². The van der Waals surface area contributed by atoms with Crippen LogP contribution in [0.2, 0.25) is 0 Å². The van der Waals surface area contributed by atoms with Crippen LogP contribution in [0.1, 0.15) is 69.4 Å². The van der Waals surface area contributed by atoms with Gasteiger partial charge in [-0.1, -0.05) is 57.9 Å². The van der Waals surface area contributed by atoms with Crippen LogP contribution in [0.25, 0.3) is 0 Å². The van der Waals surface area contributed by atoms with E-state index in [4.69, 9.17) is 5.26 Å². The number of hydrogen-bond donors (Lipinski definition) is 0. The predicted molar refractivity (Wildman–Crippen MR) is 84.4 cm³/mol. The average molecular weight is 287 g/mol. The second-order valence-corrected chi connectivity index (χ2v) is 6.49. The van der Waals surface area contributed by atoms with Gasteiger partial charge in [0.25, 0.3) is 0 Å². The Morgan fingerprint density at radius 1 is 1.14 bits per heavy atom. The smallest absolute Gasteiger partial charge is 0.141 e. The highest BCUT2D eigenvalue weighted by atomic mass is 19.1. The molecule has 21 heavy (non-hydrogen) atoms. The van der Waals surface area contributed by atoms with Gasteiger partial charge >= 0.3 is 0 Å². The van der Waals surface area contributed by atoms with Gasteiger partial charge in [0.15, 0.2) is 0 Å². The molecule has 1 fully saturated rings. The Kier molecular flexibility index (Phi) is 6.23. The highest BCUT2D eigenvalue weighted by Gasteiger charge is 2.20. The Morgan fingerprint density at radius 2 is 1.81 bits per heavy atom. The van der Waals surface area contributed by atoms with Gasteiger partial charge in [0, 0.05) is 0 Å². The summed E-state index contributed by atoms with van der Waals surface area (Å²) in [6, 6.07) is 6.91. The van der Waals surface area contributed by atoms with Crippen molar-refractivity contribution in [2.24, 2.45) is 11.8 Å². The molecule has 0 aromatic heterocycles. The number of nitrogens with zero attached hydrogens (tertiary/aromatic N) is 1. The molecule has 114 valence electrons. The summed E-state index contributed by atoms with van der Waals surface area (Å²) in [6.07, 6.45) is 11.6. The van der Waals surface area contributed by atoms with Gasteiger partial charge in [-0.2, -0.15) is 5.26 Å². The van der Waals surface area contributed by atoms with Gasteiger partial charge < -0.3 is 0 Å². The minimum atomic E-state index is -0.377. The lowest BCUT2D eigenvalue weighted by atomic mass is 9.78. The lowest BCUT2D eigenvalue weighted by Crippen LogP contribution is -2.15. The van der Waals surface area contributed by atoms with Crippen molar-refractivity contribution in [2.45, 2.75) is 64.7 Å². The molecule has 0 saturated heterocycles. The fourth-order valence-electron chi connectivity index (χ4n) is 3.48. The van der Waals surface area contributed by atoms with E-state index in [0.717, 1.165) is 30.2 Å². The molecular formula is C19H26FN. The van der Waals surface area contributed by atoms with E-state index in [-0.39, 0.29) is 11.4 Å². The molecule has 0 amide bonds. The van der Waals surface area contributed by atoms with E-state index in [9.17, 15) is 4.39 Å². The molecule has 0 atom stereocenters. The molecule has 0 spiro atoms. The molecule has 1 aliphatic carbocycles. The lowest BCUT2D eigenvalue weighted by molar-refractivity contribution is 0.250. The van der Waals surface area contributed by atoms with Crippen molar-refractivity contribution in [3.8, 4) is 6.07 Å². The van der Waals surface area contributed by atoms with Crippen LogP contribution in [0.3, 0.4) is 0 Å². The largest absolute Gasteiger partial charge is 0.206 e. The van der Waals surface area contributed by atoms with Gasteiger partial charge in [-0.05, 0) is 42.4 Å². The second-order valence-electron chi connectivity index (χ2n) is 6.49. The number of hydrogen-bond acceptors (Lipinski definition) is 1. The maximum Gasteiger partial charge on any atom is 0.141 e. The molecule has 2 heteroatoms. The van der Waals surface area contributed by atoms with Crippen LogP contribution < -0.4 is 0 Å². The van der Waals surface area contributed by atoms with E-state index in [0.29, 0.717) is 0 Å². The van der Waals surface area contributed by atoms with Crippen molar-refractivity contribution < 1.29 is 4.39 Å². The lowest BCUT2D eigenvalue weighted by Gasteiger charge is -2.28. The third-order valence-corrected chi connectivity index (χ3v) is 4.93. The molecule has 0 aliphatic heterocycles. The molecule has 0 unspecified atom stereocenters. The first-order valence-electron chi connectivity index (χ1n) is 8.41. The van der Waals surface area contributed by atoms with E-state index >= 15 is 0 Å². The molecule has 1 aromatic carbocycles. The third-order valence-electron chi connectivity index (χ3n) is 4.93. The highest BCUT2D eigenvalue weighted by molar-refractivity contribution is 5.33. The number of halogens is 1. The number of nitriles is 1. The van der Waals surface area contributed by atoms with Crippen LogP contribution in [0.15, 0.2) is 18.2 Å². The van der Waals surface area contributed by atoms with Crippen molar-refractivity contribution in [3.63, 3.8) is 0 Å². The standard InChI is InChI=1S/C19H26FN/c1-2-3-4-15-5-7-16(8-6-15)9-10-17-11-12-18(14-21)19(20)13-17/h11-13,15-16H,2-10H2,1H3. The second kappa shape index (κ2) is 8.17. The first-order valence-corrected chi connectivity index (χ1v) is 8.41. The minimum Gasteiger partial charge on any atom is -0.206 e. The van der Waals surface area contributed by atoms with Gasteiger partial charge in [-0.25, -0.2) is 4.39 Å². The maximum atomic E-state index is 13.6. The van der Waals surface area contributed by atoms with E-state index in [1.165, 1.54) is 51.0 Å². The summed E-state index contributed by atoms with van der Waals surface area (Å²) in [6.45, 7) is 2.27. The summed E-state index contributed by atoms with van der Waals surface area (Å²) in [5.74, 6) is 1.38. The first kappa shape index (κ1) is 16.0. The first-order chi connectivity index (χ1) is 10.2. The van der Waals surface area contributed by atoms with Crippen molar-refractivity contribution in [3.05, 3.63) is 35.1 Å². The Morgan fingerprint density at radius 3 is 2.38 bits per heavy atom. The molecular weight excluding hydrogens is 261 g/mol. The summed E-state index contributed by atoms with van der Waals surface area (Å²) < 4.78 is 13.6. The monoisotopic (exact) mass is 287 g/mol.